The molecule has 0 unspecified atom stereocenters. The monoisotopic (exact) mass is 426 g/mol. The molecule has 2 bridgehead atoms. The highest BCUT2D eigenvalue weighted by molar-refractivity contribution is 7.05. The first-order valence-electron chi connectivity index (χ1n) is 10.6. The molecule has 5 rings (SSSR count). The van der Waals surface area contributed by atoms with E-state index in [-0.39, 0.29) is 35.7 Å². The van der Waals surface area contributed by atoms with E-state index in [2.05, 4.69) is 9.59 Å². The van der Waals surface area contributed by atoms with Gasteiger partial charge in [0.05, 0.1) is 36.3 Å². The normalized spacial score (nSPS) is 28.5. The molecule has 4 heterocycles. The van der Waals surface area contributed by atoms with E-state index in [1.165, 1.54) is 11.5 Å². The second-order valence-electron chi connectivity index (χ2n) is 8.47. The van der Waals surface area contributed by atoms with Crippen molar-refractivity contribution in [1.82, 2.24) is 19.4 Å². The van der Waals surface area contributed by atoms with Gasteiger partial charge in [0.1, 0.15) is 5.75 Å². The number of carbonyl (C=O) groups is 2. The van der Waals surface area contributed by atoms with Crippen molar-refractivity contribution in [3.8, 4) is 5.75 Å². The van der Waals surface area contributed by atoms with Gasteiger partial charge in [-0.15, -0.1) is 5.10 Å². The van der Waals surface area contributed by atoms with Crippen LogP contribution in [0.3, 0.4) is 0 Å². The van der Waals surface area contributed by atoms with Gasteiger partial charge in [0, 0.05) is 30.5 Å². The van der Waals surface area contributed by atoms with Crippen LogP contribution in [-0.2, 0) is 16.0 Å². The van der Waals surface area contributed by atoms with Crippen molar-refractivity contribution in [2.24, 2.45) is 0 Å². The smallest absolute Gasteiger partial charge is 0.237 e. The minimum Gasteiger partial charge on any atom is -0.496 e. The van der Waals surface area contributed by atoms with Crippen LogP contribution < -0.4 is 4.74 Å². The molecule has 2 saturated heterocycles. The fourth-order valence-corrected chi connectivity index (χ4v) is 6.20. The van der Waals surface area contributed by atoms with Gasteiger partial charge in [0.15, 0.2) is 5.78 Å². The first-order valence-corrected chi connectivity index (χ1v) is 11.4. The van der Waals surface area contributed by atoms with Crippen LogP contribution in [0.4, 0.5) is 0 Å². The lowest BCUT2D eigenvalue weighted by Gasteiger charge is -2.39. The summed E-state index contributed by atoms with van der Waals surface area (Å²) in [5.74, 6) is 0.858. The molecule has 7 nitrogen and oxygen atoms in total. The van der Waals surface area contributed by atoms with Gasteiger partial charge in [0.25, 0.3) is 0 Å². The highest BCUT2D eigenvalue weighted by Gasteiger charge is 2.45. The summed E-state index contributed by atoms with van der Waals surface area (Å²) in [5, 5.41) is 4.25. The Morgan fingerprint density at radius 2 is 2.10 bits per heavy atom. The van der Waals surface area contributed by atoms with Crippen molar-refractivity contribution in [3.63, 3.8) is 0 Å². The molecule has 158 valence electrons. The summed E-state index contributed by atoms with van der Waals surface area (Å²) in [6, 6.07) is 7.78. The van der Waals surface area contributed by atoms with Gasteiger partial charge in [-0.3, -0.25) is 14.5 Å². The van der Waals surface area contributed by atoms with Crippen LogP contribution in [0, 0.1) is 0 Å². The Morgan fingerprint density at radius 3 is 2.93 bits per heavy atom. The third-order valence-corrected chi connectivity index (χ3v) is 7.84. The van der Waals surface area contributed by atoms with E-state index in [1.54, 1.807) is 7.11 Å². The van der Waals surface area contributed by atoms with E-state index in [1.807, 2.05) is 41.0 Å². The number of carbonyl (C=O) groups excluding carboxylic acids is 2. The SMILES string of the molecule is COc1ccccc1[C@@H]1CCN(CC(=O)N2[C@@H]3CC[C@@H]2c2snnc2C3)[C@H](C)C1=O. The predicted octanol–water partition coefficient (Wildman–Crippen LogP) is 2.58. The quantitative estimate of drug-likeness (QED) is 0.748. The van der Waals surface area contributed by atoms with Crippen molar-refractivity contribution < 1.29 is 14.3 Å². The lowest BCUT2D eigenvalue weighted by molar-refractivity contribution is -0.138. The van der Waals surface area contributed by atoms with Gasteiger partial charge in [-0.2, -0.15) is 0 Å². The fraction of sp³-hybridized carbons (Fsp3) is 0.545. The average Bonchev–Trinajstić information content (AvgIpc) is 3.36. The van der Waals surface area contributed by atoms with Gasteiger partial charge < -0.3 is 9.64 Å². The number of likely N-dealkylation sites (tertiary alicyclic amines) is 1. The van der Waals surface area contributed by atoms with E-state index in [0.717, 1.165) is 47.7 Å². The van der Waals surface area contributed by atoms with Gasteiger partial charge in [0.2, 0.25) is 5.91 Å². The molecule has 2 aromatic rings. The van der Waals surface area contributed by atoms with Crippen LogP contribution in [0.2, 0.25) is 0 Å². The van der Waals surface area contributed by atoms with Crippen LogP contribution in [0.25, 0.3) is 0 Å². The second-order valence-corrected chi connectivity index (χ2v) is 9.25. The van der Waals surface area contributed by atoms with Crippen LogP contribution >= 0.6 is 11.5 Å². The molecule has 4 atom stereocenters. The largest absolute Gasteiger partial charge is 0.496 e. The van der Waals surface area contributed by atoms with E-state index >= 15 is 0 Å². The third kappa shape index (κ3) is 3.13. The number of hydrogen-bond acceptors (Lipinski definition) is 7. The lowest BCUT2D eigenvalue weighted by atomic mass is 9.84. The summed E-state index contributed by atoms with van der Waals surface area (Å²) in [5.41, 5.74) is 2.01. The minimum absolute atomic E-state index is 0.114. The molecule has 1 amide bonds. The topological polar surface area (TPSA) is 75.6 Å². The van der Waals surface area contributed by atoms with Gasteiger partial charge in [-0.1, -0.05) is 22.7 Å². The molecule has 0 N–H and O–H groups in total. The van der Waals surface area contributed by atoms with E-state index in [0.29, 0.717) is 13.0 Å². The van der Waals surface area contributed by atoms with Crippen LogP contribution in [-0.4, -0.2) is 63.4 Å². The molecule has 8 heteroatoms. The van der Waals surface area contributed by atoms with Gasteiger partial charge in [-0.25, -0.2) is 0 Å². The Balaban J connectivity index is 1.29. The number of aromatic nitrogens is 2. The number of Topliss-reactive ketones (excluding diaryl/α,β-unsaturated/α-hetero) is 1. The summed E-state index contributed by atoms with van der Waals surface area (Å²) in [6.07, 6.45) is 3.51. The van der Waals surface area contributed by atoms with Crippen LogP contribution in [0.15, 0.2) is 24.3 Å². The van der Waals surface area contributed by atoms with Crippen LogP contribution in [0.5, 0.6) is 5.75 Å². The number of fused-ring (bicyclic) bond motifs is 4. The molecule has 30 heavy (non-hydrogen) atoms. The number of piperidine rings is 1. The van der Waals surface area contributed by atoms with Crippen molar-refractivity contribution >= 4 is 23.2 Å². The number of amides is 1. The Morgan fingerprint density at radius 1 is 1.27 bits per heavy atom. The molecule has 0 saturated carbocycles. The molecule has 1 aromatic carbocycles. The Labute approximate surface area is 180 Å². The van der Waals surface area contributed by atoms with Crippen LogP contribution in [0.1, 0.15) is 54.3 Å². The van der Waals surface area contributed by atoms with E-state index in [9.17, 15) is 9.59 Å². The van der Waals surface area contributed by atoms with Crippen molar-refractivity contribution in [1.29, 1.82) is 0 Å². The number of para-hydroxylation sites is 1. The Hall–Kier alpha value is -2.32. The lowest BCUT2D eigenvalue weighted by Crippen LogP contribution is -2.53. The maximum Gasteiger partial charge on any atom is 0.237 e. The van der Waals surface area contributed by atoms with E-state index < -0.39 is 0 Å². The molecule has 1 aromatic heterocycles. The number of hydrogen-bond donors (Lipinski definition) is 0. The minimum atomic E-state index is -0.291. The maximum absolute atomic E-state index is 13.3. The fourth-order valence-electron chi connectivity index (χ4n) is 5.39. The van der Waals surface area contributed by atoms with Crippen molar-refractivity contribution in [2.75, 3.05) is 20.2 Å². The zero-order chi connectivity index (χ0) is 20.8. The summed E-state index contributed by atoms with van der Waals surface area (Å²) in [6.45, 7) is 2.94. The molecular formula is C22H26N4O3S. The molecule has 3 aliphatic heterocycles. The van der Waals surface area contributed by atoms with Gasteiger partial charge >= 0.3 is 0 Å². The van der Waals surface area contributed by atoms with Gasteiger partial charge in [-0.05, 0) is 43.8 Å². The number of nitrogens with zero attached hydrogens (tertiary/aromatic N) is 4. The molecule has 3 aliphatic rings. The molecule has 0 spiro atoms. The molecule has 0 radical (unpaired) electrons. The summed E-state index contributed by atoms with van der Waals surface area (Å²) < 4.78 is 9.56. The first kappa shape index (κ1) is 19.6. The third-order valence-electron chi connectivity index (χ3n) is 6.97. The standard InChI is InChI=1S/C22H26N4O3S/c1-13-21(28)16(15-5-3-4-6-19(15)29-2)9-10-25(13)12-20(27)26-14-7-8-18(26)22-17(11-14)23-24-30-22/h3-6,13-14,16,18H,7-12H2,1-2H3/t13-,14-,16+,18-/m1/s1. The molecular weight excluding hydrogens is 400 g/mol. The Bertz CT molecular complexity index is 977. The zero-order valence-corrected chi connectivity index (χ0v) is 18.1. The number of ketones is 1. The summed E-state index contributed by atoms with van der Waals surface area (Å²) >= 11 is 1.42. The maximum atomic E-state index is 13.3. The molecule has 2 fully saturated rings. The second kappa shape index (κ2) is 7.74. The number of methoxy groups -OCH3 is 1. The van der Waals surface area contributed by atoms with Crippen molar-refractivity contribution in [3.05, 3.63) is 40.4 Å². The average molecular weight is 427 g/mol. The highest BCUT2D eigenvalue weighted by Crippen LogP contribution is 2.44. The first-order chi connectivity index (χ1) is 14.6. The Kier molecular flexibility index (Phi) is 5.06. The zero-order valence-electron chi connectivity index (χ0n) is 17.3. The summed E-state index contributed by atoms with van der Waals surface area (Å²) in [4.78, 5) is 31.7. The summed E-state index contributed by atoms with van der Waals surface area (Å²) in [7, 11) is 1.64. The van der Waals surface area contributed by atoms with Crippen molar-refractivity contribution in [2.45, 2.75) is 56.7 Å². The predicted molar refractivity (Wildman–Crippen MR) is 113 cm³/mol. The number of rotatable bonds is 4. The molecule has 0 aliphatic carbocycles. The number of benzene rings is 1. The number of ether oxygens (including phenoxy) is 1. The van der Waals surface area contributed by atoms with E-state index in [4.69, 9.17) is 4.74 Å². The highest BCUT2D eigenvalue weighted by atomic mass is 32.1.